The van der Waals surface area contributed by atoms with Gasteiger partial charge in [-0.15, -0.1) is 0 Å². The fraction of sp³-hybridized carbons (Fsp3) is 0.519. The third kappa shape index (κ3) is 4.53. The SMILES string of the molecule is CCc1nc2ccccc2n1-c1nc(N2CCOCC2)c2nc(CN3CCN(S(=O)(=O)C4CC4)CC3=O)n(C)c2n1. The summed E-state index contributed by atoms with van der Waals surface area (Å²) in [5.74, 6) is 2.56. The molecule has 2 aliphatic heterocycles. The maximum atomic E-state index is 13.1. The topological polar surface area (TPSA) is 132 Å². The lowest BCUT2D eigenvalue weighted by atomic mass is 10.3. The van der Waals surface area contributed by atoms with E-state index in [4.69, 9.17) is 24.7 Å². The van der Waals surface area contributed by atoms with Crippen LogP contribution in [0.1, 0.15) is 31.4 Å². The van der Waals surface area contributed by atoms with Crippen LogP contribution in [0.15, 0.2) is 24.3 Å². The Hall–Kier alpha value is -3.62. The van der Waals surface area contributed by atoms with Crippen molar-refractivity contribution in [1.29, 1.82) is 0 Å². The number of piperazine rings is 1. The second-order valence-electron chi connectivity index (χ2n) is 10.8. The van der Waals surface area contributed by atoms with Gasteiger partial charge in [-0.3, -0.25) is 9.36 Å². The summed E-state index contributed by atoms with van der Waals surface area (Å²) >= 11 is 0. The number of fused-ring (bicyclic) bond motifs is 2. The smallest absolute Gasteiger partial charge is 0.239 e. The molecule has 1 amide bonds. The lowest BCUT2D eigenvalue weighted by Crippen LogP contribution is -2.52. The van der Waals surface area contributed by atoms with E-state index in [0.717, 1.165) is 22.7 Å². The third-order valence-electron chi connectivity index (χ3n) is 8.16. The van der Waals surface area contributed by atoms with Crippen LogP contribution in [0.3, 0.4) is 0 Å². The maximum absolute atomic E-state index is 13.1. The Bertz CT molecular complexity index is 1760. The van der Waals surface area contributed by atoms with Gasteiger partial charge < -0.3 is 19.1 Å². The second kappa shape index (κ2) is 10.0. The zero-order valence-corrected chi connectivity index (χ0v) is 24.0. The van der Waals surface area contributed by atoms with E-state index in [1.54, 1.807) is 4.90 Å². The van der Waals surface area contributed by atoms with Crippen molar-refractivity contribution < 1.29 is 17.9 Å². The van der Waals surface area contributed by atoms with Gasteiger partial charge in [0.2, 0.25) is 21.9 Å². The van der Waals surface area contributed by atoms with E-state index < -0.39 is 10.0 Å². The summed E-state index contributed by atoms with van der Waals surface area (Å²) in [6.45, 7) is 5.36. The molecule has 7 rings (SSSR count). The number of hydrogen-bond donors (Lipinski definition) is 0. The zero-order valence-electron chi connectivity index (χ0n) is 23.2. The van der Waals surface area contributed by atoms with Crippen molar-refractivity contribution in [3.05, 3.63) is 35.9 Å². The van der Waals surface area contributed by atoms with E-state index in [0.29, 0.717) is 81.6 Å². The summed E-state index contributed by atoms with van der Waals surface area (Å²) in [4.78, 5) is 36.7. The van der Waals surface area contributed by atoms with Gasteiger partial charge in [0.15, 0.2) is 17.0 Å². The number of anilines is 1. The molecule has 0 N–H and O–H groups in total. The molecule has 5 heterocycles. The van der Waals surface area contributed by atoms with Crippen molar-refractivity contribution in [2.24, 2.45) is 7.05 Å². The van der Waals surface area contributed by atoms with Crippen LogP contribution in [-0.4, -0.2) is 104 Å². The van der Waals surface area contributed by atoms with Gasteiger partial charge >= 0.3 is 0 Å². The third-order valence-corrected chi connectivity index (χ3v) is 10.5. The van der Waals surface area contributed by atoms with E-state index in [1.165, 1.54) is 4.31 Å². The largest absolute Gasteiger partial charge is 0.378 e. The number of morpholine rings is 1. The van der Waals surface area contributed by atoms with Gasteiger partial charge in [0.25, 0.3) is 0 Å². The summed E-state index contributed by atoms with van der Waals surface area (Å²) in [7, 11) is -1.49. The number of aryl methyl sites for hydroxylation is 2. The molecule has 3 aliphatic rings. The standard InChI is InChI=1S/C27H33N9O4S/c1-3-21-28-19-6-4-5-7-20(19)36(21)27-30-25-24(26(31-27)33-12-14-40-15-13-33)29-22(32(25)2)16-34-10-11-35(17-23(34)37)41(38,39)18-8-9-18/h4-7,18H,3,8-17H2,1-2H3. The minimum atomic E-state index is -3.39. The highest BCUT2D eigenvalue weighted by Crippen LogP contribution is 2.32. The minimum absolute atomic E-state index is 0.126. The normalized spacial score (nSPS) is 19.1. The van der Waals surface area contributed by atoms with E-state index in [2.05, 4.69) is 11.8 Å². The number of rotatable bonds is 7. The van der Waals surface area contributed by atoms with Gasteiger partial charge in [0.05, 0.1) is 42.6 Å². The van der Waals surface area contributed by atoms with E-state index in [9.17, 15) is 13.2 Å². The second-order valence-corrected chi connectivity index (χ2v) is 13.0. The minimum Gasteiger partial charge on any atom is -0.378 e. The summed E-state index contributed by atoms with van der Waals surface area (Å²) in [6, 6.07) is 7.96. The number of aromatic nitrogens is 6. The molecule has 1 aliphatic carbocycles. The number of nitrogens with zero attached hydrogens (tertiary/aromatic N) is 9. The van der Waals surface area contributed by atoms with Gasteiger partial charge in [-0.1, -0.05) is 19.1 Å². The number of benzene rings is 1. The lowest BCUT2D eigenvalue weighted by molar-refractivity contribution is -0.134. The highest BCUT2D eigenvalue weighted by atomic mass is 32.2. The molecule has 0 bridgehead atoms. The fourth-order valence-electron chi connectivity index (χ4n) is 5.67. The molecule has 1 saturated carbocycles. The van der Waals surface area contributed by atoms with Crippen LogP contribution in [0.5, 0.6) is 0 Å². The molecule has 3 aromatic heterocycles. The highest BCUT2D eigenvalue weighted by Gasteiger charge is 2.42. The Morgan fingerprint density at radius 1 is 0.976 bits per heavy atom. The van der Waals surface area contributed by atoms with Crippen molar-refractivity contribution in [3.8, 4) is 5.95 Å². The molecule has 2 saturated heterocycles. The molecule has 3 fully saturated rings. The first kappa shape index (κ1) is 26.3. The van der Waals surface area contributed by atoms with E-state index >= 15 is 0 Å². The quantitative estimate of drug-likeness (QED) is 0.317. The number of ether oxygens (including phenoxy) is 1. The Morgan fingerprint density at radius 2 is 1.76 bits per heavy atom. The van der Waals surface area contributed by atoms with Gasteiger partial charge in [-0.25, -0.2) is 18.4 Å². The number of hydrogen-bond acceptors (Lipinski definition) is 9. The molecule has 13 nitrogen and oxygen atoms in total. The van der Waals surface area contributed by atoms with Crippen molar-refractivity contribution in [1.82, 2.24) is 38.3 Å². The molecule has 0 radical (unpaired) electrons. The molecule has 0 unspecified atom stereocenters. The Morgan fingerprint density at radius 3 is 2.49 bits per heavy atom. The van der Waals surface area contributed by atoms with Gasteiger partial charge in [-0.2, -0.15) is 14.3 Å². The van der Waals surface area contributed by atoms with Crippen LogP contribution in [0.25, 0.3) is 28.1 Å². The van der Waals surface area contributed by atoms with Crippen molar-refractivity contribution >= 4 is 43.9 Å². The fourth-order valence-corrected chi connectivity index (χ4v) is 7.45. The van der Waals surface area contributed by atoms with Crippen molar-refractivity contribution in [3.63, 3.8) is 0 Å². The van der Waals surface area contributed by atoms with Crippen molar-refractivity contribution in [2.75, 3.05) is 50.8 Å². The van der Waals surface area contributed by atoms with Crippen LogP contribution >= 0.6 is 0 Å². The Balaban J connectivity index is 1.27. The molecule has 1 aromatic carbocycles. The summed E-state index contributed by atoms with van der Waals surface area (Å²) < 4.78 is 36.2. The molecule has 0 atom stereocenters. The molecule has 0 spiro atoms. The van der Waals surface area contributed by atoms with Crippen LogP contribution in [0.4, 0.5) is 5.82 Å². The average Bonchev–Trinajstić information content (AvgIpc) is 3.72. The van der Waals surface area contributed by atoms with Crippen LogP contribution in [-0.2, 0) is 39.6 Å². The molecule has 41 heavy (non-hydrogen) atoms. The number of amides is 1. The summed E-state index contributed by atoms with van der Waals surface area (Å²) in [5.41, 5.74) is 3.14. The monoisotopic (exact) mass is 579 g/mol. The first-order valence-electron chi connectivity index (χ1n) is 14.1. The number of carbonyl (C=O) groups is 1. The van der Waals surface area contributed by atoms with Crippen LogP contribution in [0, 0.1) is 0 Å². The average molecular weight is 580 g/mol. The van der Waals surface area contributed by atoms with Gasteiger partial charge in [0.1, 0.15) is 11.6 Å². The summed E-state index contributed by atoms with van der Waals surface area (Å²) in [6.07, 6.45) is 2.07. The van der Waals surface area contributed by atoms with Crippen LogP contribution in [0.2, 0.25) is 0 Å². The van der Waals surface area contributed by atoms with Gasteiger partial charge in [0, 0.05) is 39.6 Å². The van der Waals surface area contributed by atoms with Gasteiger partial charge in [-0.05, 0) is 25.0 Å². The highest BCUT2D eigenvalue weighted by molar-refractivity contribution is 7.90. The number of sulfonamides is 1. The van der Waals surface area contributed by atoms with E-state index in [1.807, 2.05) is 40.4 Å². The zero-order chi connectivity index (χ0) is 28.3. The first-order valence-corrected chi connectivity index (χ1v) is 15.6. The maximum Gasteiger partial charge on any atom is 0.239 e. The van der Waals surface area contributed by atoms with E-state index in [-0.39, 0.29) is 24.2 Å². The predicted octanol–water partition coefficient (Wildman–Crippen LogP) is 1.24. The number of imidazole rings is 2. The predicted molar refractivity (Wildman–Crippen MR) is 152 cm³/mol. The molecular formula is C27H33N9O4S. The molecule has 216 valence electrons. The first-order chi connectivity index (χ1) is 19.8. The number of carbonyl (C=O) groups excluding carboxylic acids is 1. The molecule has 4 aromatic rings. The lowest BCUT2D eigenvalue weighted by Gasteiger charge is -2.33. The molecule has 14 heteroatoms. The Labute approximate surface area is 237 Å². The van der Waals surface area contributed by atoms with Crippen molar-refractivity contribution in [2.45, 2.75) is 38.0 Å². The van der Waals surface area contributed by atoms with Crippen LogP contribution < -0.4 is 4.90 Å². The Kier molecular flexibility index (Phi) is 6.43. The number of para-hydroxylation sites is 2. The summed E-state index contributed by atoms with van der Waals surface area (Å²) in [5, 5.41) is -0.325. The molecular weight excluding hydrogens is 546 g/mol.